The van der Waals surface area contributed by atoms with Crippen LogP contribution in [0.1, 0.15) is 13.3 Å². The van der Waals surface area contributed by atoms with Gasteiger partial charge in [0.2, 0.25) is 11.8 Å². The Labute approximate surface area is 130 Å². The second-order valence-corrected chi connectivity index (χ2v) is 5.59. The van der Waals surface area contributed by atoms with Crippen molar-refractivity contribution < 1.29 is 9.59 Å². The molecular weight excluding hydrogens is 290 g/mol. The van der Waals surface area contributed by atoms with Crippen LogP contribution in [0.4, 0.5) is 5.69 Å². The van der Waals surface area contributed by atoms with Crippen LogP contribution in [0.25, 0.3) is 0 Å². The van der Waals surface area contributed by atoms with Gasteiger partial charge in [-0.15, -0.1) is 0 Å². The van der Waals surface area contributed by atoms with Crippen molar-refractivity contribution in [3.05, 3.63) is 29.3 Å². The number of carbonyl (C=O) groups excluding carboxylic acids is 2. The average Bonchev–Trinajstić information content (AvgIpc) is 2.39. The van der Waals surface area contributed by atoms with Gasteiger partial charge in [-0.2, -0.15) is 0 Å². The summed E-state index contributed by atoms with van der Waals surface area (Å²) in [5, 5.41) is 3.36. The maximum atomic E-state index is 12.0. The lowest BCUT2D eigenvalue weighted by atomic mass is 10.3. The molecule has 0 bridgehead atoms. The van der Waals surface area contributed by atoms with Gasteiger partial charge in [0.25, 0.3) is 0 Å². The van der Waals surface area contributed by atoms with Crippen LogP contribution in [0.5, 0.6) is 0 Å². The molecule has 1 aromatic carbocycles. The van der Waals surface area contributed by atoms with Crippen molar-refractivity contribution >= 4 is 29.1 Å². The van der Waals surface area contributed by atoms with Gasteiger partial charge in [-0.25, -0.2) is 0 Å². The lowest BCUT2D eigenvalue weighted by Crippen LogP contribution is -2.38. The molecule has 0 spiro atoms. The van der Waals surface area contributed by atoms with Crippen LogP contribution in [-0.2, 0) is 9.59 Å². The maximum absolute atomic E-state index is 12.0. The summed E-state index contributed by atoms with van der Waals surface area (Å²) < 4.78 is 0. The van der Waals surface area contributed by atoms with E-state index in [1.807, 2.05) is 19.0 Å². The first-order chi connectivity index (χ1) is 9.88. The van der Waals surface area contributed by atoms with E-state index in [-0.39, 0.29) is 18.4 Å². The van der Waals surface area contributed by atoms with Gasteiger partial charge in [-0.1, -0.05) is 11.6 Å². The van der Waals surface area contributed by atoms with Gasteiger partial charge in [0.1, 0.15) is 0 Å². The van der Waals surface area contributed by atoms with Gasteiger partial charge >= 0.3 is 0 Å². The fraction of sp³-hybridized carbons (Fsp3) is 0.467. The standard InChI is InChI=1S/C15H22ClN3O2/c1-12(20)19(10-4-9-18(2)3)11-15(21)17-14-7-5-13(16)6-8-14/h5-8H,4,9-11H2,1-3H3,(H,17,21). The van der Waals surface area contributed by atoms with E-state index in [0.717, 1.165) is 13.0 Å². The van der Waals surface area contributed by atoms with E-state index in [2.05, 4.69) is 5.32 Å². The molecule has 0 radical (unpaired) electrons. The van der Waals surface area contributed by atoms with Gasteiger partial charge in [0, 0.05) is 24.2 Å². The molecule has 0 saturated carbocycles. The summed E-state index contributed by atoms with van der Waals surface area (Å²) >= 11 is 5.79. The molecule has 116 valence electrons. The molecule has 5 nitrogen and oxygen atoms in total. The first-order valence-electron chi connectivity index (χ1n) is 6.84. The molecule has 0 fully saturated rings. The number of amides is 2. The first-order valence-corrected chi connectivity index (χ1v) is 7.22. The number of nitrogens with one attached hydrogen (secondary N) is 1. The van der Waals surface area contributed by atoms with Crippen LogP contribution in [0.3, 0.4) is 0 Å². The Balaban J connectivity index is 2.48. The molecule has 0 aliphatic rings. The summed E-state index contributed by atoms with van der Waals surface area (Å²) in [6, 6.07) is 6.86. The molecule has 1 rings (SSSR count). The molecule has 0 saturated heterocycles. The van der Waals surface area contributed by atoms with Crippen LogP contribution in [-0.4, -0.2) is 55.3 Å². The smallest absolute Gasteiger partial charge is 0.243 e. The van der Waals surface area contributed by atoms with Gasteiger partial charge in [0.05, 0.1) is 6.54 Å². The Morgan fingerprint density at radius 2 is 1.76 bits per heavy atom. The van der Waals surface area contributed by atoms with Crippen LogP contribution in [0.15, 0.2) is 24.3 Å². The molecule has 0 unspecified atom stereocenters. The zero-order valence-corrected chi connectivity index (χ0v) is 13.5. The molecule has 1 aromatic rings. The van der Waals surface area contributed by atoms with E-state index >= 15 is 0 Å². The summed E-state index contributed by atoms with van der Waals surface area (Å²) in [7, 11) is 3.96. The van der Waals surface area contributed by atoms with Gasteiger partial charge in [-0.3, -0.25) is 9.59 Å². The van der Waals surface area contributed by atoms with E-state index in [4.69, 9.17) is 11.6 Å². The Bertz CT molecular complexity index is 474. The third-order valence-electron chi connectivity index (χ3n) is 2.94. The largest absolute Gasteiger partial charge is 0.334 e. The highest BCUT2D eigenvalue weighted by atomic mass is 35.5. The summed E-state index contributed by atoms with van der Waals surface area (Å²) in [5.41, 5.74) is 0.668. The van der Waals surface area contributed by atoms with E-state index in [1.165, 1.54) is 6.92 Å². The van der Waals surface area contributed by atoms with Crippen molar-refractivity contribution in [3.63, 3.8) is 0 Å². The molecule has 6 heteroatoms. The highest BCUT2D eigenvalue weighted by Crippen LogP contribution is 2.13. The van der Waals surface area contributed by atoms with E-state index in [9.17, 15) is 9.59 Å². The second-order valence-electron chi connectivity index (χ2n) is 5.15. The molecule has 0 aromatic heterocycles. The highest BCUT2D eigenvalue weighted by molar-refractivity contribution is 6.30. The molecule has 0 atom stereocenters. The number of rotatable bonds is 7. The molecule has 1 N–H and O–H groups in total. The normalized spacial score (nSPS) is 10.5. The van der Waals surface area contributed by atoms with Crippen LogP contribution < -0.4 is 5.32 Å². The lowest BCUT2D eigenvalue weighted by Gasteiger charge is -2.21. The van der Waals surface area contributed by atoms with Crippen molar-refractivity contribution in [2.24, 2.45) is 0 Å². The topological polar surface area (TPSA) is 52.7 Å². The molecule has 2 amide bonds. The van der Waals surface area contributed by atoms with Crippen molar-refractivity contribution in [1.82, 2.24) is 9.80 Å². The van der Waals surface area contributed by atoms with Gasteiger partial charge < -0.3 is 15.1 Å². The number of hydrogen-bond donors (Lipinski definition) is 1. The van der Waals surface area contributed by atoms with Crippen molar-refractivity contribution in [1.29, 1.82) is 0 Å². The summed E-state index contributed by atoms with van der Waals surface area (Å²) in [6.07, 6.45) is 0.834. The minimum Gasteiger partial charge on any atom is -0.334 e. The van der Waals surface area contributed by atoms with E-state index in [0.29, 0.717) is 17.3 Å². The predicted octanol–water partition coefficient (Wildman–Crippen LogP) is 2.08. The van der Waals surface area contributed by atoms with Gasteiger partial charge in [-0.05, 0) is 51.3 Å². The zero-order chi connectivity index (χ0) is 15.8. The number of benzene rings is 1. The zero-order valence-electron chi connectivity index (χ0n) is 12.7. The molecule has 0 aliphatic heterocycles. The first kappa shape index (κ1) is 17.5. The molecule has 0 aliphatic carbocycles. The quantitative estimate of drug-likeness (QED) is 0.839. The molecular formula is C15H22ClN3O2. The average molecular weight is 312 g/mol. The summed E-state index contributed by atoms with van der Waals surface area (Å²) in [6.45, 7) is 2.99. The number of nitrogens with zero attached hydrogens (tertiary/aromatic N) is 2. The monoisotopic (exact) mass is 311 g/mol. The third-order valence-corrected chi connectivity index (χ3v) is 3.19. The van der Waals surface area contributed by atoms with Gasteiger partial charge in [0.15, 0.2) is 0 Å². The second kappa shape index (κ2) is 8.64. The van der Waals surface area contributed by atoms with E-state index < -0.39 is 0 Å². The minimum absolute atomic E-state index is 0.0609. The number of carbonyl (C=O) groups is 2. The molecule has 21 heavy (non-hydrogen) atoms. The molecule has 0 heterocycles. The van der Waals surface area contributed by atoms with Crippen LogP contribution in [0.2, 0.25) is 5.02 Å². The summed E-state index contributed by atoms with van der Waals surface area (Å²) in [4.78, 5) is 27.1. The lowest BCUT2D eigenvalue weighted by molar-refractivity contribution is -0.132. The van der Waals surface area contributed by atoms with Crippen molar-refractivity contribution in [3.8, 4) is 0 Å². The Morgan fingerprint density at radius 1 is 1.14 bits per heavy atom. The van der Waals surface area contributed by atoms with E-state index in [1.54, 1.807) is 29.2 Å². The fourth-order valence-electron chi connectivity index (χ4n) is 1.83. The van der Waals surface area contributed by atoms with Crippen LogP contribution in [0, 0.1) is 0 Å². The minimum atomic E-state index is -0.211. The predicted molar refractivity (Wildman–Crippen MR) is 85.5 cm³/mol. The summed E-state index contributed by atoms with van der Waals surface area (Å²) in [5.74, 6) is -0.308. The fourth-order valence-corrected chi connectivity index (χ4v) is 1.96. The maximum Gasteiger partial charge on any atom is 0.243 e. The Kier molecular flexibility index (Phi) is 7.19. The van der Waals surface area contributed by atoms with Crippen molar-refractivity contribution in [2.75, 3.05) is 39.0 Å². The van der Waals surface area contributed by atoms with Crippen molar-refractivity contribution in [2.45, 2.75) is 13.3 Å². The number of anilines is 1. The number of hydrogen-bond acceptors (Lipinski definition) is 3. The Hall–Kier alpha value is -1.59. The SMILES string of the molecule is CC(=O)N(CCCN(C)C)CC(=O)Nc1ccc(Cl)cc1. The van der Waals surface area contributed by atoms with Crippen LogP contribution >= 0.6 is 11.6 Å². The Morgan fingerprint density at radius 3 is 2.29 bits per heavy atom. The number of halogens is 1. The highest BCUT2D eigenvalue weighted by Gasteiger charge is 2.13. The third kappa shape index (κ3) is 7.11.